The molecule has 0 saturated carbocycles. The number of nitro groups is 1. The number of amides is 1. The SMILES string of the molecule is Cc1c(Cl)c([N+](=O)[O-])nn1Cc1noc(C(=O)NCCc2ccccc2)n1. The van der Waals surface area contributed by atoms with Gasteiger partial charge in [0.05, 0.1) is 10.8 Å². The van der Waals surface area contributed by atoms with Crippen LogP contribution < -0.4 is 5.32 Å². The van der Waals surface area contributed by atoms with E-state index in [1.165, 1.54) is 4.68 Å². The molecule has 3 rings (SSSR count). The van der Waals surface area contributed by atoms with E-state index in [4.69, 9.17) is 16.1 Å². The molecule has 0 aliphatic carbocycles. The lowest BCUT2D eigenvalue weighted by Gasteiger charge is -2.02. The van der Waals surface area contributed by atoms with Crippen molar-refractivity contribution in [3.8, 4) is 0 Å². The molecule has 2 aromatic heterocycles. The van der Waals surface area contributed by atoms with Gasteiger partial charge >= 0.3 is 17.6 Å². The number of hydrogen-bond acceptors (Lipinski definition) is 7. The summed E-state index contributed by atoms with van der Waals surface area (Å²) >= 11 is 5.89. The van der Waals surface area contributed by atoms with Gasteiger partial charge in [0.25, 0.3) is 0 Å². The first-order valence-electron chi connectivity index (χ1n) is 7.97. The van der Waals surface area contributed by atoms with Crippen LogP contribution in [0, 0.1) is 17.0 Å². The van der Waals surface area contributed by atoms with Crippen molar-refractivity contribution in [3.05, 3.63) is 68.4 Å². The van der Waals surface area contributed by atoms with E-state index in [0.29, 0.717) is 18.7 Å². The Bertz CT molecular complexity index is 969. The third kappa shape index (κ3) is 4.29. The molecule has 0 aliphatic heterocycles. The summed E-state index contributed by atoms with van der Waals surface area (Å²) in [5.74, 6) is -0.980. The third-order valence-electron chi connectivity index (χ3n) is 3.79. The fraction of sp³-hybridized carbons (Fsp3) is 0.250. The zero-order valence-electron chi connectivity index (χ0n) is 14.3. The quantitative estimate of drug-likeness (QED) is 0.483. The van der Waals surface area contributed by atoms with E-state index in [0.717, 1.165) is 5.56 Å². The van der Waals surface area contributed by atoms with Crippen LogP contribution in [0.3, 0.4) is 0 Å². The van der Waals surface area contributed by atoms with Crippen molar-refractivity contribution < 1.29 is 14.2 Å². The van der Waals surface area contributed by atoms with Crippen LogP contribution in [0.4, 0.5) is 5.82 Å². The van der Waals surface area contributed by atoms with Crippen molar-refractivity contribution in [2.75, 3.05) is 6.54 Å². The molecule has 27 heavy (non-hydrogen) atoms. The Kier molecular flexibility index (Phi) is 5.46. The van der Waals surface area contributed by atoms with Crippen LogP contribution in [0.25, 0.3) is 0 Å². The first-order valence-corrected chi connectivity index (χ1v) is 8.35. The fourth-order valence-electron chi connectivity index (χ4n) is 2.36. The van der Waals surface area contributed by atoms with Gasteiger partial charge in [-0.1, -0.05) is 47.1 Å². The van der Waals surface area contributed by atoms with E-state index in [-0.39, 0.29) is 23.3 Å². The summed E-state index contributed by atoms with van der Waals surface area (Å²) in [7, 11) is 0. The maximum absolute atomic E-state index is 12.1. The molecular formula is C16H15ClN6O4. The van der Waals surface area contributed by atoms with E-state index in [1.54, 1.807) is 6.92 Å². The maximum atomic E-state index is 12.1. The summed E-state index contributed by atoms with van der Waals surface area (Å²) in [5, 5.41) is 21.0. The van der Waals surface area contributed by atoms with Crippen molar-refractivity contribution >= 4 is 23.3 Å². The largest absolute Gasteiger partial charge is 0.408 e. The molecule has 0 aliphatic rings. The molecule has 1 N–H and O–H groups in total. The van der Waals surface area contributed by atoms with Crippen LogP contribution in [0.15, 0.2) is 34.9 Å². The number of aromatic nitrogens is 4. The number of nitrogens with zero attached hydrogens (tertiary/aromatic N) is 5. The fourth-order valence-corrected chi connectivity index (χ4v) is 2.57. The molecule has 0 atom stereocenters. The highest BCUT2D eigenvalue weighted by atomic mass is 35.5. The molecule has 140 valence electrons. The molecule has 0 bridgehead atoms. The standard InChI is InChI=1S/C16H15ClN6O4/c1-10-13(17)14(23(25)26)20-22(10)9-12-19-16(27-21-12)15(24)18-8-7-11-5-3-2-4-6-11/h2-6H,7-9H2,1H3,(H,18,24). The maximum Gasteiger partial charge on any atom is 0.408 e. The summed E-state index contributed by atoms with van der Waals surface area (Å²) in [5.41, 5.74) is 1.48. The Morgan fingerprint density at radius 2 is 2.11 bits per heavy atom. The number of carbonyl (C=O) groups is 1. The topological polar surface area (TPSA) is 129 Å². The summed E-state index contributed by atoms with van der Waals surface area (Å²) in [4.78, 5) is 26.3. The zero-order valence-corrected chi connectivity index (χ0v) is 15.0. The van der Waals surface area contributed by atoms with Crippen LogP contribution in [0.5, 0.6) is 0 Å². The highest BCUT2D eigenvalue weighted by molar-refractivity contribution is 6.33. The normalized spacial score (nSPS) is 10.7. The number of rotatable bonds is 7. The van der Waals surface area contributed by atoms with Crippen molar-refractivity contribution in [3.63, 3.8) is 0 Å². The minimum atomic E-state index is -0.673. The second-order valence-corrected chi connectivity index (χ2v) is 6.02. The third-order valence-corrected chi connectivity index (χ3v) is 4.23. The molecule has 0 spiro atoms. The van der Waals surface area contributed by atoms with E-state index in [2.05, 4.69) is 20.6 Å². The lowest BCUT2D eigenvalue weighted by molar-refractivity contribution is -0.389. The second kappa shape index (κ2) is 7.96. The molecule has 2 heterocycles. The minimum Gasteiger partial charge on any atom is -0.358 e. The average Bonchev–Trinajstić information content (AvgIpc) is 3.23. The number of nitrogens with one attached hydrogen (secondary N) is 1. The molecular weight excluding hydrogens is 376 g/mol. The first kappa shape index (κ1) is 18.5. The molecule has 1 aromatic carbocycles. The number of hydrogen-bond donors (Lipinski definition) is 1. The van der Waals surface area contributed by atoms with Crippen LogP contribution >= 0.6 is 11.6 Å². The number of carbonyl (C=O) groups excluding carboxylic acids is 1. The molecule has 10 nitrogen and oxygen atoms in total. The van der Waals surface area contributed by atoms with Crippen molar-refractivity contribution in [2.24, 2.45) is 0 Å². The summed E-state index contributed by atoms with van der Waals surface area (Å²) in [6.07, 6.45) is 0.669. The average molecular weight is 391 g/mol. The van der Waals surface area contributed by atoms with Gasteiger partial charge in [-0.05, 0) is 23.8 Å². The highest BCUT2D eigenvalue weighted by Gasteiger charge is 2.25. The first-order chi connectivity index (χ1) is 13.0. The summed E-state index contributed by atoms with van der Waals surface area (Å²) in [6, 6.07) is 9.71. The van der Waals surface area contributed by atoms with E-state index in [1.807, 2.05) is 30.3 Å². The van der Waals surface area contributed by atoms with Gasteiger partial charge in [0, 0.05) is 6.54 Å². The highest BCUT2D eigenvalue weighted by Crippen LogP contribution is 2.26. The molecule has 0 fully saturated rings. The number of halogens is 1. The molecule has 1 amide bonds. The molecule has 0 saturated heterocycles. The van der Waals surface area contributed by atoms with Crippen LogP contribution in [0.2, 0.25) is 5.02 Å². The lowest BCUT2D eigenvalue weighted by Crippen LogP contribution is -2.26. The van der Waals surface area contributed by atoms with Crippen molar-refractivity contribution in [1.29, 1.82) is 0 Å². The van der Waals surface area contributed by atoms with Crippen molar-refractivity contribution in [2.45, 2.75) is 19.9 Å². The molecule has 0 radical (unpaired) electrons. The minimum absolute atomic E-state index is 0.0137. The zero-order chi connectivity index (χ0) is 19.4. The van der Waals surface area contributed by atoms with E-state index in [9.17, 15) is 14.9 Å². The predicted octanol–water partition coefficient (Wildman–Crippen LogP) is 2.16. The number of benzene rings is 1. The van der Waals surface area contributed by atoms with Gasteiger partial charge in [-0.3, -0.25) is 4.79 Å². The monoisotopic (exact) mass is 390 g/mol. The van der Waals surface area contributed by atoms with Gasteiger partial charge in [0.2, 0.25) is 0 Å². The van der Waals surface area contributed by atoms with Crippen molar-refractivity contribution in [1.82, 2.24) is 25.2 Å². The Labute approximate surface area is 158 Å². The van der Waals surface area contributed by atoms with Gasteiger partial charge in [0.15, 0.2) is 10.8 Å². The Balaban J connectivity index is 1.60. The van der Waals surface area contributed by atoms with Crippen LogP contribution in [-0.2, 0) is 13.0 Å². The van der Waals surface area contributed by atoms with Gasteiger partial charge in [0.1, 0.15) is 6.54 Å². The van der Waals surface area contributed by atoms with Crippen LogP contribution in [0.1, 0.15) is 27.8 Å². The molecule has 0 unspecified atom stereocenters. The summed E-state index contributed by atoms with van der Waals surface area (Å²) in [6.45, 7) is 1.99. The van der Waals surface area contributed by atoms with Gasteiger partial charge in [-0.15, -0.1) is 0 Å². The van der Waals surface area contributed by atoms with Gasteiger partial charge in [-0.2, -0.15) is 9.67 Å². The lowest BCUT2D eigenvalue weighted by atomic mass is 10.1. The van der Waals surface area contributed by atoms with Gasteiger partial charge in [-0.25, -0.2) is 0 Å². The molecule has 11 heteroatoms. The summed E-state index contributed by atoms with van der Waals surface area (Å²) < 4.78 is 6.22. The van der Waals surface area contributed by atoms with E-state index >= 15 is 0 Å². The Hall–Kier alpha value is -3.27. The Morgan fingerprint density at radius 1 is 1.37 bits per heavy atom. The van der Waals surface area contributed by atoms with E-state index < -0.39 is 16.6 Å². The van der Waals surface area contributed by atoms with Gasteiger partial charge < -0.3 is 20.0 Å². The Morgan fingerprint density at radius 3 is 2.78 bits per heavy atom. The van der Waals surface area contributed by atoms with Crippen LogP contribution in [-0.4, -0.2) is 37.3 Å². The molecule has 3 aromatic rings. The second-order valence-electron chi connectivity index (χ2n) is 5.65. The predicted molar refractivity (Wildman–Crippen MR) is 94.5 cm³/mol. The smallest absolute Gasteiger partial charge is 0.358 e.